The van der Waals surface area contributed by atoms with Crippen LogP contribution < -0.4 is 5.32 Å². The summed E-state index contributed by atoms with van der Waals surface area (Å²) in [5.41, 5.74) is 0. The molecule has 0 spiro atoms. The molecule has 8 heteroatoms. The molecule has 25 heavy (non-hydrogen) atoms. The Balaban J connectivity index is 1.87. The molecular formula is C17H14FNO4S2. The summed E-state index contributed by atoms with van der Waals surface area (Å²) in [4.78, 5) is 12.6. The molecule has 5 nitrogen and oxygen atoms in total. The first-order valence-corrected chi connectivity index (χ1v) is 9.75. The molecule has 1 aromatic carbocycles. The Morgan fingerprint density at radius 1 is 1.16 bits per heavy atom. The molecule has 0 aliphatic heterocycles. The van der Waals surface area contributed by atoms with Crippen molar-refractivity contribution in [1.82, 2.24) is 5.32 Å². The fourth-order valence-corrected chi connectivity index (χ4v) is 5.09. The number of thiophene rings is 1. The van der Waals surface area contributed by atoms with Gasteiger partial charge in [-0.25, -0.2) is 12.8 Å². The van der Waals surface area contributed by atoms with E-state index in [1.807, 2.05) is 0 Å². The lowest BCUT2D eigenvalue weighted by Gasteiger charge is -2.17. The smallest absolute Gasteiger partial charge is 0.287 e. The molecule has 2 aromatic heterocycles. The maximum Gasteiger partial charge on any atom is 0.287 e. The Bertz CT molecular complexity index is 933. The van der Waals surface area contributed by atoms with Gasteiger partial charge in [-0.1, -0.05) is 6.07 Å². The summed E-state index contributed by atoms with van der Waals surface area (Å²) in [6, 6.07) is 11.1. The molecule has 130 valence electrons. The molecule has 0 radical (unpaired) electrons. The monoisotopic (exact) mass is 379 g/mol. The van der Waals surface area contributed by atoms with Crippen LogP contribution in [-0.2, 0) is 9.84 Å². The molecule has 1 atom stereocenters. The minimum Gasteiger partial charge on any atom is -0.459 e. The molecule has 2 heterocycles. The Morgan fingerprint density at radius 3 is 2.52 bits per heavy atom. The molecular weight excluding hydrogens is 365 g/mol. The van der Waals surface area contributed by atoms with Crippen molar-refractivity contribution in [3.05, 3.63) is 76.6 Å². The van der Waals surface area contributed by atoms with Crippen LogP contribution in [0.2, 0.25) is 0 Å². The lowest BCUT2D eigenvalue weighted by molar-refractivity contribution is 0.0926. The number of furan rings is 1. The molecule has 0 unspecified atom stereocenters. The predicted molar refractivity (Wildman–Crippen MR) is 91.7 cm³/mol. The van der Waals surface area contributed by atoms with Gasteiger partial charge in [-0.3, -0.25) is 4.79 Å². The predicted octanol–water partition coefficient (Wildman–Crippen LogP) is 3.43. The van der Waals surface area contributed by atoms with Crippen molar-refractivity contribution < 1.29 is 22.0 Å². The number of rotatable bonds is 6. The van der Waals surface area contributed by atoms with Crippen molar-refractivity contribution in [1.29, 1.82) is 0 Å². The fourth-order valence-electron chi connectivity index (χ4n) is 2.31. The maximum absolute atomic E-state index is 13.1. The average molecular weight is 379 g/mol. The molecule has 1 amide bonds. The van der Waals surface area contributed by atoms with Crippen molar-refractivity contribution in [2.75, 3.05) is 6.54 Å². The third-order valence-electron chi connectivity index (χ3n) is 3.57. The van der Waals surface area contributed by atoms with Gasteiger partial charge < -0.3 is 9.73 Å². The van der Waals surface area contributed by atoms with Gasteiger partial charge in [0, 0.05) is 11.4 Å². The van der Waals surface area contributed by atoms with Gasteiger partial charge in [-0.2, -0.15) is 0 Å². The first-order valence-electron chi connectivity index (χ1n) is 7.33. The average Bonchev–Trinajstić information content (AvgIpc) is 3.29. The van der Waals surface area contributed by atoms with E-state index in [4.69, 9.17) is 4.42 Å². The van der Waals surface area contributed by atoms with E-state index in [2.05, 4.69) is 5.32 Å². The van der Waals surface area contributed by atoms with E-state index in [0.717, 1.165) is 12.1 Å². The molecule has 0 fully saturated rings. The Hall–Kier alpha value is -2.45. The van der Waals surface area contributed by atoms with Crippen LogP contribution in [0.15, 0.2) is 69.5 Å². The number of hydrogen-bond donors (Lipinski definition) is 1. The summed E-state index contributed by atoms with van der Waals surface area (Å²) >= 11 is 1.28. The first-order chi connectivity index (χ1) is 12.0. The molecule has 1 N–H and O–H groups in total. The van der Waals surface area contributed by atoms with Gasteiger partial charge in [-0.05, 0) is 47.8 Å². The number of carbonyl (C=O) groups excluding carboxylic acids is 1. The quantitative estimate of drug-likeness (QED) is 0.666. The highest BCUT2D eigenvalue weighted by Gasteiger charge is 2.30. The van der Waals surface area contributed by atoms with Crippen LogP contribution in [-0.4, -0.2) is 20.9 Å². The highest BCUT2D eigenvalue weighted by Crippen LogP contribution is 2.31. The van der Waals surface area contributed by atoms with E-state index in [1.54, 1.807) is 23.6 Å². The van der Waals surface area contributed by atoms with Crippen LogP contribution in [0.3, 0.4) is 0 Å². The van der Waals surface area contributed by atoms with Crippen LogP contribution in [0.1, 0.15) is 20.7 Å². The third-order valence-corrected chi connectivity index (χ3v) is 6.80. The van der Waals surface area contributed by atoms with E-state index in [1.165, 1.54) is 35.8 Å². The molecule has 0 saturated heterocycles. The molecule has 0 aliphatic carbocycles. The summed E-state index contributed by atoms with van der Waals surface area (Å²) in [5.74, 6) is -0.914. The number of benzene rings is 1. The largest absolute Gasteiger partial charge is 0.459 e. The molecule has 0 bridgehead atoms. The van der Waals surface area contributed by atoms with E-state index >= 15 is 0 Å². The van der Waals surface area contributed by atoms with Crippen molar-refractivity contribution >= 4 is 27.1 Å². The number of carbonyl (C=O) groups is 1. The van der Waals surface area contributed by atoms with Crippen LogP contribution >= 0.6 is 11.3 Å². The first kappa shape index (κ1) is 17.4. The van der Waals surface area contributed by atoms with E-state index in [-0.39, 0.29) is 17.2 Å². The zero-order valence-electron chi connectivity index (χ0n) is 12.9. The van der Waals surface area contributed by atoms with Crippen molar-refractivity contribution in [2.24, 2.45) is 0 Å². The summed E-state index contributed by atoms with van der Waals surface area (Å²) in [6.45, 7) is -0.125. The second-order valence-electron chi connectivity index (χ2n) is 5.19. The second kappa shape index (κ2) is 7.20. The zero-order chi connectivity index (χ0) is 17.9. The second-order valence-corrected chi connectivity index (χ2v) is 8.30. The lowest BCUT2D eigenvalue weighted by atomic mass is 10.3. The van der Waals surface area contributed by atoms with E-state index in [9.17, 15) is 17.6 Å². The summed E-state index contributed by atoms with van der Waals surface area (Å²) in [6.07, 6.45) is 1.36. The zero-order valence-corrected chi connectivity index (χ0v) is 14.5. The number of nitrogens with one attached hydrogen (secondary N) is 1. The number of amides is 1. The van der Waals surface area contributed by atoms with Crippen molar-refractivity contribution in [3.8, 4) is 0 Å². The van der Waals surface area contributed by atoms with Crippen LogP contribution in [0.25, 0.3) is 0 Å². The summed E-state index contributed by atoms with van der Waals surface area (Å²) < 4.78 is 44.0. The van der Waals surface area contributed by atoms with Crippen LogP contribution in [0.4, 0.5) is 4.39 Å². The van der Waals surface area contributed by atoms with Gasteiger partial charge in [-0.15, -0.1) is 11.3 Å². The van der Waals surface area contributed by atoms with Crippen molar-refractivity contribution in [3.63, 3.8) is 0 Å². The fraction of sp³-hybridized carbons (Fsp3) is 0.118. The Labute approximate surface area is 148 Å². The van der Waals surface area contributed by atoms with Gasteiger partial charge in [0.15, 0.2) is 15.6 Å². The van der Waals surface area contributed by atoms with Gasteiger partial charge in [0.1, 0.15) is 11.1 Å². The van der Waals surface area contributed by atoms with Gasteiger partial charge >= 0.3 is 0 Å². The number of sulfone groups is 1. The summed E-state index contributed by atoms with van der Waals surface area (Å²) in [5, 5.41) is 3.37. The topological polar surface area (TPSA) is 76.4 Å². The molecule has 3 rings (SSSR count). The molecule has 3 aromatic rings. The Morgan fingerprint density at radius 2 is 1.92 bits per heavy atom. The third kappa shape index (κ3) is 3.80. The lowest BCUT2D eigenvalue weighted by Crippen LogP contribution is -2.31. The highest BCUT2D eigenvalue weighted by atomic mass is 32.2. The maximum atomic E-state index is 13.1. The van der Waals surface area contributed by atoms with Gasteiger partial charge in [0.25, 0.3) is 5.91 Å². The van der Waals surface area contributed by atoms with Gasteiger partial charge in [0.05, 0.1) is 11.2 Å². The van der Waals surface area contributed by atoms with Crippen LogP contribution in [0, 0.1) is 5.82 Å². The SMILES string of the molecule is O=C(NC[C@@H](c1cccs1)S(=O)(=O)c1ccc(F)cc1)c1ccco1. The minimum absolute atomic E-state index is 0.000419. The highest BCUT2D eigenvalue weighted by molar-refractivity contribution is 7.91. The van der Waals surface area contributed by atoms with Crippen molar-refractivity contribution in [2.45, 2.75) is 10.1 Å². The number of halogens is 1. The van der Waals surface area contributed by atoms with Crippen LogP contribution in [0.5, 0.6) is 0 Å². The molecule has 0 aliphatic rings. The van der Waals surface area contributed by atoms with Gasteiger partial charge in [0.2, 0.25) is 0 Å². The standard InChI is InChI=1S/C17H14FNO4S2/c18-12-5-7-13(8-6-12)25(21,22)16(15-4-2-10-24-15)11-19-17(20)14-3-1-9-23-14/h1-10,16H,11H2,(H,19,20)/t16-/m0/s1. The normalized spacial score (nSPS) is 12.7. The Kier molecular flexibility index (Phi) is 5.00. The summed E-state index contributed by atoms with van der Waals surface area (Å²) in [7, 11) is -3.81. The number of hydrogen-bond acceptors (Lipinski definition) is 5. The minimum atomic E-state index is -3.81. The van der Waals surface area contributed by atoms with E-state index < -0.39 is 26.8 Å². The van der Waals surface area contributed by atoms with E-state index in [0.29, 0.717) is 4.88 Å². The molecule has 0 saturated carbocycles.